The Hall–Kier alpha value is -0.840. The highest BCUT2D eigenvalue weighted by atomic mass is 32.2. The van der Waals surface area contributed by atoms with Crippen LogP contribution >= 0.6 is 35.9 Å². The van der Waals surface area contributed by atoms with E-state index in [0.717, 1.165) is 68.9 Å². The Labute approximate surface area is 250 Å². The number of hydrogen-bond acceptors (Lipinski definition) is 5. The molecule has 0 amide bonds. The van der Waals surface area contributed by atoms with Crippen LogP contribution in [0.15, 0.2) is 37.4 Å². The maximum Gasteiger partial charge on any atom is 0.456 e. The lowest BCUT2D eigenvalue weighted by Gasteiger charge is -2.31. The first-order chi connectivity index (χ1) is 19.0. The van der Waals surface area contributed by atoms with Gasteiger partial charge in [0.2, 0.25) is 0 Å². The average molecular weight is 626 g/mol. The van der Waals surface area contributed by atoms with E-state index in [1.54, 1.807) is 16.3 Å². The summed E-state index contributed by atoms with van der Waals surface area (Å²) < 4.78 is 70.2. The van der Waals surface area contributed by atoms with Gasteiger partial charge in [-0.3, -0.25) is 0 Å². The molecule has 0 bridgehead atoms. The molecule has 2 saturated carbocycles. The third-order valence-electron chi connectivity index (χ3n) is 7.57. The van der Waals surface area contributed by atoms with Crippen molar-refractivity contribution in [1.29, 1.82) is 0 Å². The van der Waals surface area contributed by atoms with E-state index in [-0.39, 0.29) is 35.8 Å². The van der Waals surface area contributed by atoms with Crippen molar-refractivity contribution in [3.05, 3.63) is 54.1 Å². The predicted molar refractivity (Wildman–Crippen MR) is 164 cm³/mol. The number of allylic oxidation sites excluding steroid dienone is 2. The molecule has 0 spiro atoms. The molecule has 0 aromatic heterocycles. The summed E-state index contributed by atoms with van der Waals surface area (Å²) in [6.45, 7) is 11.0. The second-order valence-electron chi connectivity index (χ2n) is 10.4. The molecule has 2 aliphatic rings. The Balaban J connectivity index is 0.00000131. The summed E-state index contributed by atoms with van der Waals surface area (Å²) in [5.74, 6) is 1.46. The summed E-state index contributed by atoms with van der Waals surface area (Å²) >= 11 is -1.02. The fraction of sp³-hybridized carbons (Fsp3) is 0.667. The van der Waals surface area contributed by atoms with E-state index in [4.69, 9.17) is 4.18 Å². The molecular formula is C30H44F5NOS3. The Morgan fingerprint density at radius 3 is 1.98 bits per heavy atom. The number of nitrogens with one attached hydrogen (secondary N) is 1. The zero-order chi connectivity index (χ0) is 29.6. The lowest BCUT2D eigenvalue weighted by atomic mass is 9.77. The highest BCUT2D eigenvalue weighted by molar-refractivity contribution is 8.20. The van der Waals surface area contributed by atoms with Gasteiger partial charge in [-0.15, -0.1) is 0 Å². The van der Waals surface area contributed by atoms with Crippen molar-refractivity contribution in [1.82, 2.24) is 4.13 Å². The van der Waals surface area contributed by atoms with E-state index in [2.05, 4.69) is 39.1 Å². The Bertz CT molecular complexity index is 868. The standard InChI is InChI=1S/C26H38F5NOS3.C4H6/c1-3-11-18(4-2)22-16-21(19-12-7-5-8-13-19)17-23(20-14-9-6-10-15-20)24(22)33-36-26(30,31)35-32-34-25(27,28)29;1-3-4-2/h16-20,32H,3-15H2,1-2H3;3-4H,1-2H2. The van der Waals surface area contributed by atoms with Gasteiger partial charge in [-0.05, 0) is 73.0 Å². The first-order valence-electron chi connectivity index (χ1n) is 14.4. The third-order valence-corrected chi connectivity index (χ3v) is 9.60. The lowest BCUT2D eigenvalue weighted by molar-refractivity contribution is -0.0331. The van der Waals surface area contributed by atoms with Crippen molar-refractivity contribution in [2.75, 3.05) is 0 Å². The molecule has 2 fully saturated rings. The van der Waals surface area contributed by atoms with Gasteiger partial charge in [0, 0.05) is 23.9 Å². The maximum atomic E-state index is 14.5. The van der Waals surface area contributed by atoms with Crippen molar-refractivity contribution in [3.63, 3.8) is 0 Å². The molecule has 10 heteroatoms. The summed E-state index contributed by atoms with van der Waals surface area (Å²) in [7, 11) is 0. The van der Waals surface area contributed by atoms with Crippen LogP contribution in [-0.2, 0) is 0 Å². The second kappa shape index (κ2) is 18.0. The minimum atomic E-state index is -4.64. The van der Waals surface area contributed by atoms with Crippen LogP contribution in [0.4, 0.5) is 22.0 Å². The highest BCUT2D eigenvalue weighted by Gasteiger charge is 2.38. The van der Waals surface area contributed by atoms with Crippen LogP contribution in [-0.4, -0.2) is 10.1 Å². The molecule has 0 saturated heterocycles. The third kappa shape index (κ3) is 12.2. The molecule has 1 aromatic carbocycles. The lowest BCUT2D eigenvalue weighted by Crippen LogP contribution is -2.17. The first-order valence-corrected chi connectivity index (χ1v) is 16.7. The molecule has 1 unspecified atom stereocenters. The van der Waals surface area contributed by atoms with Gasteiger partial charge in [-0.2, -0.15) is 26.1 Å². The van der Waals surface area contributed by atoms with Crippen LogP contribution in [0.25, 0.3) is 0 Å². The van der Waals surface area contributed by atoms with E-state index in [1.807, 2.05) is 0 Å². The van der Waals surface area contributed by atoms with Gasteiger partial charge in [0.25, 0.3) is 0 Å². The van der Waals surface area contributed by atoms with Gasteiger partial charge >= 0.3 is 10.1 Å². The van der Waals surface area contributed by atoms with Gasteiger partial charge in [-0.1, -0.05) is 96.2 Å². The molecule has 1 atom stereocenters. The monoisotopic (exact) mass is 625 g/mol. The van der Waals surface area contributed by atoms with E-state index in [9.17, 15) is 22.0 Å². The molecule has 0 aliphatic heterocycles. The molecule has 228 valence electrons. The van der Waals surface area contributed by atoms with Crippen molar-refractivity contribution in [3.8, 4) is 5.75 Å². The number of alkyl halides is 5. The first kappa shape index (κ1) is 35.4. The fourth-order valence-electron chi connectivity index (χ4n) is 5.64. The highest BCUT2D eigenvalue weighted by Crippen LogP contribution is 2.49. The maximum absolute atomic E-state index is 14.5. The molecule has 0 radical (unpaired) electrons. The van der Waals surface area contributed by atoms with Gasteiger partial charge in [0.15, 0.2) is 0 Å². The van der Waals surface area contributed by atoms with Crippen molar-refractivity contribution in [2.45, 2.75) is 125 Å². The van der Waals surface area contributed by atoms with E-state index >= 15 is 0 Å². The van der Waals surface area contributed by atoms with Crippen molar-refractivity contribution < 1.29 is 26.1 Å². The predicted octanol–water partition coefficient (Wildman–Crippen LogP) is 12.4. The topological polar surface area (TPSA) is 21.3 Å². The van der Waals surface area contributed by atoms with Crippen LogP contribution in [0.5, 0.6) is 5.75 Å². The molecule has 0 heterocycles. The number of halogens is 5. The fourth-order valence-corrected chi connectivity index (χ4v) is 7.49. The second-order valence-corrected chi connectivity index (χ2v) is 13.6. The normalized spacial score (nSPS) is 18.0. The summed E-state index contributed by atoms with van der Waals surface area (Å²) in [5, 5.41) is 0. The van der Waals surface area contributed by atoms with Crippen molar-refractivity contribution >= 4 is 35.9 Å². The minimum absolute atomic E-state index is 0.0514. The van der Waals surface area contributed by atoms with Gasteiger partial charge in [0.1, 0.15) is 17.8 Å². The molecule has 40 heavy (non-hydrogen) atoms. The number of rotatable bonds is 13. The minimum Gasteiger partial charge on any atom is -0.418 e. The zero-order valence-electron chi connectivity index (χ0n) is 23.7. The van der Waals surface area contributed by atoms with E-state index < -0.39 is 22.0 Å². The van der Waals surface area contributed by atoms with Gasteiger partial charge in [0.05, 0.1) is 0 Å². The van der Waals surface area contributed by atoms with Crippen LogP contribution < -0.4 is 8.31 Å². The van der Waals surface area contributed by atoms with Gasteiger partial charge in [-0.25, -0.2) is 0 Å². The quantitative estimate of drug-likeness (QED) is 0.0772. The largest absolute Gasteiger partial charge is 0.456 e. The van der Waals surface area contributed by atoms with Crippen LogP contribution in [0.2, 0.25) is 0 Å². The summed E-state index contributed by atoms with van der Waals surface area (Å²) in [6.07, 6.45) is 17.5. The zero-order valence-corrected chi connectivity index (χ0v) is 26.1. The average Bonchev–Trinajstić information content (AvgIpc) is 2.94. The van der Waals surface area contributed by atoms with Crippen LogP contribution in [0, 0.1) is 0 Å². The van der Waals surface area contributed by atoms with Crippen molar-refractivity contribution in [2.24, 2.45) is 0 Å². The van der Waals surface area contributed by atoms with Gasteiger partial charge < -0.3 is 4.18 Å². The molecule has 3 rings (SSSR count). The van der Waals surface area contributed by atoms with Crippen LogP contribution in [0.3, 0.4) is 0 Å². The molecule has 2 nitrogen and oxygen atoms in total. The number of hydrogen-bond donors (Lipinski definition) is 1. The molecule has 1 N–H and O–H groups in total. The Morgan fingerprint density at radius 1 is 0.900 bits per heavy atom. The van der Waals surface area contributed by atoms with Crippen LogP contribution in [0.1, 0.15) is 132 Å². The van der Waals surface area contributed by atoms with E-state index in [0.29, 0.717) is 11.7 Å². The SMILES string of the molecule is C=CC=C.CCCC(CC)c1cc(C2CCCCC2)cc(C2CCCCC2)c1OSC(F)(F)SNSC(F)(F)F. The molecule has 2 aliphatic carbocycles. The Kier molecular flexibility index (Phi) is 15.9. The smallest absolute Gasteiger partial charge is 0.418 e. The van der Waals surface area contributed by atoms with E-state index in [1.165, 1.54) is 31.2 Å². The number of benzene rings is 1. The summed E-state index contributed by atoms with van der Waals surface area (Å²) in [4.78, 5) is 0. The Morgan fingerprint density at radius 2 is 1.48 bits per heavy atom. The summed E-state index contributed by atoms with van der Waals surface area (Å²) in [5.41, 5.74) is -1.32. The molecule has 1 aromatic rings. The molecular weight excluding hydrogens is 582 g/mol. The summed E-state index contributed by atoms with van der Waals surface area (Å²) in [6, 6.07) is 4.41.